The molecule has 2 atom stereocenters. The summed E-state index contributed by atoms with van der Waals surface area (Å²) in [5, 5.41) is 4.67. The third kappa shape index (κ3) is 1.97. The van der Waals surface area contributed by atoms with Crippen molar-refractivity contribution in [1.82, 2.24) is 10.3 Å². The summed E-state index contributed by atoms with van der Waals surface area (Å²) in [7, 11) is 2.05. The highest BCUT2D eigenvalue weighted by atomic mass is 32.1. The van der Waals surface area contributed by atoms with Crippen LogP contribution in [0.25, 0.3) is 0 Å². The first-order valence-electron chi connectivity index (χ1n) is 6.73. The molecule has 17 heavy (non-hydrogen) atoms. The minimum Gasteiger partial charge on any atom is -0.345 e. The number of thiazole rings is 1. The fourth-order valence-corrected chi connectivity index (χ4v) is 4.32. The maximum Gasteiger partial charge on any atom is 0.186 e. The third-order valence-electron chi connectivity index (χ3n) is 4.09. The summed E-state index contributed by atoms with van der Waals surface area (Å²) in [6, 6.07) is 1.16. The van der Waals surface area contributed by atoms with Crippen molar-refractivity contribution in [2.75, 3.05) is 18.5 Å². The van der Waals surface area contributed by atoms with Crippen molar-refractivity contribution in [1.29, 1.82) is 0 Å². The Kier molecular flexibility index (Phi) is 3.09. The van der Waals surface area contributed by atoms with Crippen LogP contribution in [0.4, 0.5) is 5.13 Å². The second-order valence-electron chi connectivity index (χ2n) is 5.22. The van der Waals surface area contributed by atoms with Crippen LogP contribution < -0.4 is 10.2 Å². The van der Waals surface area contributed by atoms with Gasteiger partial charge in [-0.25, -0.2) is 4.98 Å². The lowest BCUT2D eigenvalue weighted by Crippen LogP contribution is -2.26. The minimum absolute atomic E-state index is 0.488. The molecule has 1 aromatic heterocycles. The molecule has 0 aromatic carbocycles. The van der Waals surface area contributed by atoms with Crippen molar-refractivity contribution in [3.8, 4) is 0 Å². The van der Waals surface area contributed by atoms with E-state index in [1.165, 1.54) is 54.4 Å². The van der Waals surface area contributed by atoms with Gasteiger partial charge in [0.25, 0.3) is 0 Å². The smallest absolute Gasteiger partial charge is 0.186 e. The Morgan fingerprint density at radius 2 is 2.24 bits per heavy atom. The zero-order chi connectivity index (χ0) is 11.8. The largest absolute Gasteiger partial charge is 0.345 e. The van der Waals surface area contributed by atoms with Gasteiger partial charge in [-0.3, -0.25) is 0 Å². The summed E-state index contributed by atoms with van der Waals surface area (Å²) in [6.07, 6.45) is 6.41. The van der Waals surface area contributed by atoms with E-state index in [0.29, 0.717) is 12.1 Å². The molecule has 2 unspecified atom stereocenters. The molecule has 0 spiro atoms. The number of nitrogens with one attached hydrogen (secondary N) is 1. The van der Waals surface area contributed by atoms with Crippen molar-refractivity contribution in [2.45, 2.75) is 51.1 Å². The van der Waals surface area contributed by atoms with Crippen LogP contribution in [0.15, 0.2) is 0 Å². The molecular formula is C13H21N3S. The number of fused-ring (bicyclic) bond motifs is 1. The Labute approximate surface area is 107 Å². The fourth-order valence-electron chi connectivity index (χ4n) is 3.03. The summed E-state index contributed by atoms with van der Waals surface area (Å²) in [5.41, 5.74) is 1.33. The van der Waals surface area contributed by atoms with Crippen LogP contribution in [0.1, 0.15) is 49.2 Å². The SMILES string of the molecule is CNC1CCCc2sc(N3CCCC3C)nc21. The Morgan fingerprint density at radius 1 is 1.35 bits per heavy atom. The molecule has 1 fully saturated rings. The molecular weight excluding hydrogens is 230 g/mol. The van der Waals surface area contributed by atoms with Crippen LogP contribution in [-0.4, -0.2) is 24.6 Å². The number of rotatable bonds is 2. The Bertz CT molecular complexity index is 401. The quantitative estimate of drug-likeness (QED) is 0.876. The molecule has 0 bridgehead atoms. The zero-order valence-corrected chi connectivity index (χ0v) is 11.5. The standard InChI is InChI=1S/C13H21N3S/c1-9-5-4-8-16(9)13-15-12-10(14-2)6-3-7-11(12)17-13/h9-10,14H,3-8H2,1-2H3. The number of aromatic nitrogens is 1. The molecule has 2 aliphatic rings. The lowest BCUT2D eigenvalue weighted by molar-refractivity contribution is 0.489. The molecule has 1 saturated heterocycles. The van der Waals surface area contributed by atoms with Crippen LogP contribution in [0.3, 0.4) is 0 Å². The second kappa shape index (κ2) is 4.58. The van der Waals surface area contributed by atoms with E-state index in [1.807, 2.05) is 11.3 Å². The number of nitrogens with zero attached hydrogens (tertiary/aromatic N) is 2. The molecule has 1 aliphatic heterocycles. The predicted octanol–water partition coefficient (Wildman–Crippen LogP) is 2.73. The highest BCUT2D eigenvalue weighted by molar-refractivity contribution is 7.15. The molecule has 3 rings (SSSR count). The van der Waals surface area contributed by atoms with Gasteiger partial charge in [0.1, 0.15) is 0 Å². The summed E-state index contributed by atoms with van der Waals surface area (Å²) in [6.45, 7) is 3.51. The van der Waals surface area contributed by atoms with Gasteiger partial charge in [0, 0.05) is 17.5 Å². The van der Waals surface area contributed by atoms with Crippen LogP contribution in [0.5, 0.6) is 0 Å². The van der Waals surface area contributed by atoms with E-state index in [1.54, 1.807) is 0 Å². The van der Waals surface area contributed by atoms with E-state index in [4.69, 9.17) is 4.98 Å². The van der Waals surface area contributed by atoms with Gasteiger partial charge in [-0.05, 0) is 46.1 Å². The van der Waals surface area contributed by atoms with Crippen LogP contribution >= 0.6 is 11.3 Å². The van der Waals surface area contributed by atoms with E-state index in [-0.39, 0.29) is 0 Å². The topological polar surface area (TPSA) is 28.2 Å². The Balaban J connectivity index is 1.90. The van der Waals surface area contributed by atoms with Gasteiger partial charge in [0.15, 0.2) is 5.13 Å². The van der Waals surface area contributed by atoms with E-state index in [2.05, 4.69) is 24.2 Å². The van der Waals surface area contributed by atoms with Crippen molar-refractivity contribution in [3.05, 3.63) is 10.6 Å². The van der Waals surface area contributed by atoms with Gasteiger partial charge < -0.3 is 10.2 Å². The van der Waals surface area contributed by atoms with Crippen molar-refractivity contribution in [3.63, 3.8) is 0 Å². The molecule has 4 heteroatoms. The lowest BCUT2D eigenvalue weighted by atomic mass is 9.98. The van der Waals surface area contributed by atoms with E-state index >= 15 is 0 Å². The van der Waals surface area contributed by atoms with E-state index in [9.17, 15) is 0 Å². The number of anilines is 1. The maximum absolute atomic E-state index is 4.92. The van der Waals surface area contributed by atoms with Gasteiger partial charge >= 0.3 is 0 Å². The highest BCUT2D eigenvalue weighted by Crippen LogP contribution is 2.38. The lowest BCUT2D eigenvalue weighted by Gasteiger charge is -2.20. The van der Waals surface area contributed by atoms with E-state index < -0.39 is 0 Å². The van der Waals surface area contributed by atoms with Gasteiger partial charge in [0.2, 0.25) is 0 Å². The van der Waals surface area contributed by atoms with Crippen LogP contribution in [-0.2, 0) is 6.42 Å². The van der Waals surface area contributed by atoms with Crippen LogP contribution in [0, 0.1) is 0 Å². The summed E-state index contributed by atoms with van der Waals surface area (Å²) < 4.78 is 0. The normalized spacial score (nSPS) is 28.5. The van der Waals surface area contributed by atoms with Crippen molar-refractivity contribution >= 4 is 16.5 Å². The molecule has 1 aliphatic carbocycles. The van der Waals surface area contributed by atoms with Gasteiger partial charge in [0.05, 0.1) is 11.7 Å². The van der Waals surface area contributed by atoms with E-state index in [0.717, 1.165) is 0 Å². The fraction of sp³-hybridized carbons (Fsp3) is 0.769. The highest BCUT2D eigenvalue weighted by Gasteiger charge is 2.28. The number of hydrogen-bond acceptors (Lipinski definition) is 4. The molecule has 0 saturated carbocycles. The second-order valence-corrected chi connectivity index (χ2v) is 6.29. The zero-order valence-electron chi connectivity index (χ0n) is 10.7. The molecule has 1 N–H and O–H groups in total. The summed E-state index contributed by atoms with van der Waals surface area (Å²) in [4.78, 5) is 8.93. The average molecular weight is 251 g/mol. The third-order valence-corrected chi connectivity index (χ3v) is 5.26. The number of hydrogen-bond donors (Lipinski definition) is 1. The van der Waals surface area contributed by atoms with Gasteiger partial charge in [-0.15, -0.1) is 11.3 Å². The van der Waals surface area contributed by atoms with Crippen LogP contribution in [0.2, 0.25) is 0 Å². The van der Waals surface area contributed by atoms with Gasteiger partial charge in [-0.1, -0.05) is 0 Å². The summed E-state index contributed by atoms with van der Waals surface area (Å²) in [5.74, 6) is 0. The molecule has 0 amide bonds. The first-order chi connectivity index (χ1) is 8.29. The summed E-state index contributed by atoms with van der Waals surface area (Å²) >= 11 is 1.93. The first-order valence-corrected chi connectivity index (χ1v) is 7.54. The van der Waals surface area contributed by atoms with Crippen molar-refractivity contribution < 1.29 is 0 Å². The molecule has 2 heterocycles. The minimum atomic E-state index is 0.488. The predicted molar refractivity (Wildman–Crippen MR) is 72.9 cm³/mol. The average Bonchev–Trinajstić information content (AvgIpc) is 2.93. The molecule has 1 aromatic rings. The molecule has 3 nitrogen and oxygen atoms in total. The monoisotopic (exact) mass is 251 g/mol. The first kappa shape index (κ1) is 11.5. The maximum atomic E-state index is 4.92. The van der Waals surface area contributed by atoms with Gasteiger partial charge in [-0.2, -0.15) is 0 Å². The Hall–Kier alpha value is -0.610. The number of aryl methyl sites for hydroxylation is 1. The Morgan fingerprint density at radius 3 is 2.94 bits per heavy atom. The van der Waals surface area contributed by atoms with Crippen molar-refractivity contribution in [2.24, 2.45) is 0 Å². The molecule has 0 radical (unpaired) electrons. The molecule has 94 valence electrons.